The van der Waals surface area contributed by atoms with Gasteiger partial charge in [-0.25, -0.2) is 0 Å². The molecule has 2 rings (SSSR count). The lowest BCUT2D eigenvalue weighted by Gasteiger charge is -2.16. The van der Waals surface area contributed by atoms with Crippen molar-refractivity contribution < 1.29 is 15.0 Å². The average molecular weight is 203 g/mol. The Hall–Kier alpha value is -2.10. The summed E-state index contributed by atoms with van der Waals surface area (Å²) in [6, 6.07) is 5.07. The van der Waals surface area contributed by atoms with E-state index in [0.717, 1.165) is 0 Å². The molecular weight excluding hydrogens is 194 g/mol. The Labute approximate surface area is 86.2 Å². The Morgan fingerprint density at radius 2 is 2.00 bits per heavy atom. The normalized spacial score (nSPS) is 20.8. The van der Waals surface area contributed by atoms with E-state index in [1.165, 1.54) is 18.3 Å². The van der Waals surface area contributed by atoms with Crippen LogP contribution < -0.4 is 0 Å². The van der Waals surface area contributed by atoms with Crippen molar-refractivity contribution in [2.45, 2.75) is 5.92 Å². The second kappa shape index (κ2) is 3.57. The van der Waals surface area contributed by atoms with Crippen LogP contribution in [0.1, 0.15) is 11.6 Å². The fourth-order valence-electron chi connectivity index (χ4n) is 1.46. The Bertz CT molecular complexity index is 448. The van der Waals surface area contributed by atoms with Gasteiger partial charge in [-0.2, -0.15) is 0 Å². The minimum atomic E-state index is -0.879. The van der Waals surface area contributed by atoms with Crippen LogP contribution in [0.5, 0.6) is 0 Å². The highest BCUT2D eigenvalue weighted by Crippen LogP contribution is 2.27. The molecule has 0 amide bonds. The van der Waals surface area contributed by atoms with E-state index in [0.29, 0.717) is 5.69 Å². The summed E-state index contributed by atoms with van der Waals surface area (Å²) in [5.41, 5.74) is 0.427. The zero-order chi connectivity index (χ0) is 10.8. The maximum Gasteiger partial charge on any atom is 0.172 e. The van der Waals surface area contributed by atoms with Gasteiger partial charge < -0.3 is 10.2 Å². The number of hydrogen-bond donors (Lipinski definition) is 2. The molecule has 0 saturated carbocycles. The summed E-state index contributed by atoms with van der Waals surface area (Å²) in [6.07, 6.45) is 3.94. The third kappa shape index (κ3) is 1.61. The smallest absolute Gasteiger partial charge is 0.172 e. The van der Waals surface area contributed by atoms with Crippen molar-refractivity contribution in [2.75, 3.05) is 0 Å². The van der Waals surface area contributed by atoms with E-state index < -0.39 is 5.92 Å². The van der Waals surface area contributed by atoms with E-state index in [9.17, 15) is 15.0 Å². The van der Waals surface area contributed by atoms with Crippen molar-refractivity contribution in [2.24, 2.45) is 0 Å². The van der Waals surface area contributed by atoms with Gasteiger partial charge in [0.25, 0.3) is 0 Å². The lowest BCUT2D eigenvalue weighted by atomic mass is 9.92. The van der Waals surface area contributed by atoms with Crippen molar-refractivity contribution in [3.8, 4) is 0 Å². The fourth-order valence-corrected chi connectivity index (χ4v) is 1.46. The topological polar surface area (TPSA) is 70.4 Å². The van der Waals surface area contributed by atoms with Crippen LogP contribution in [0.25, 0.3) is 0 Å². The van der Waals surface area contributed by atoms with Gasteiger partial charge in [-0.3, -0.25) is 9.78 Å². The molecule has 1 aromatic rings. The van der Waals surface area contributed by atoms with Gasteiger partial charge in [0.05, 0.1) is 5.69 Å². The van der Waals surface area contributed by atoms with E-state index in [1.807, 2.05) is 0 Å². The molecule has 0 aromatic carbocycles. The largest absolute Gasteiger partial charge is 0.507 e. The predicted octanol–water partition coefficient (Wildman–Crippen LogP) is 1.63. The molecule has 0 spiro atoms. The molecule has 1 aromatic heterocycles. The van der Waals surface area contributed by atoms with Gasteiger partial charge in [0, 0.05) is 6.20 Å². The maximum atomic E-state index is 11.5. The molecule has 4 nitrogen and oxygen atoms in total. The highest BCUT2D eigenvalue weighted by molar-refractivity contribution is 5.98. The zero-order valence-electron chi connectivity index (χ0n) is 7.79. The first kappa shape index (κ1) is 9.45. The summed E-state index contributed by atoms with van der Waals surface area (Å²) >= 11 is 0. The lowest BCUT2D eigenvalue weighted by molar-refractivity contribution is -0.116. The predicted molar refractivity (Wildman–Crippen MR) is 53.4 cm³/mol. The molecule has 15 heavy (non-hydrogen) atoms. The van der Waals surface area contributed by atoms with Crippen LogP contribution in [-0.2, 0) is 4.79 Å². The number of pyridine rings is 1. The summed E-state index contributed by atoms with van der Waals surface area (Å²) in [5.74, 6) is -1.80. The molecule has 0 saturated heterocycles. The van der Waals surface area contributed by atoms with Crippen molar-refractivity contribution in [1.82, 2.24) is 4.98 Å². The quantitative estimate of drug-likeness (QED) is 0.727. The second-order valence-electron chi connectivity index (χ2n) is 3.19. The molecule has 4 heteroatoms. The van der Waals surface area contributed by atoms with Crippen LogP contribution in [0.2, 0.25) is 0 Å². The minimum Gasteiger partial charge on any atom is -0.507 e. The van der Waals surface area contributed by atoms with Crippen molar-refractivity contribution in [3.63, 3.8) is 0 Å². The molecule has 0 aliphatic heterocycles. The molecule has 0 bridgehead atoms. The molecule has 76 valence electrons. The Morgan fingerprint density at radius 1 is 1.20 bits per heavy atom. The number of hydrogen-bond acceptors (Lipinski definition) is 4. The monoisotopic (exact) mass is 203 g/mol. The maximum absolute atomic E-state index is 11.5. The Morgan fingerprint density at radius 3 is 2.67 bits per heavy atom. The molecular formula is C11H9NO3. The highest BCUT2D eigenvalue weighted by atomic mass is 16.3. The molecule has 0 fully saturated rings. The van der Waals surface area contributed by atoms with Crippen molar-refractivity contribution in [3.05, 3.63) is 53.8 Å². The van der Waals surface area contributed by atoms with Crippen molar-refractivity contribution >= 4 is 5.78 Å². The lowest BCUT2D eigenvalue weighted by Crippen LogP contribution is -2.18. The van der Waals surface area contributed by atoms with E-state index >= 15 is 0 Å². The van der Waals surface area contributed by atoms with Gasteiger partial charge in [0.15, 0.2) is 17.3 Å². The summed E-state index contributed by atoms with van der Waals surface area (Å²) < 4.78 is 0. The van der Waals surface area contributed by atoms with Crippen LogP contribution in [0.3, 0.4) is 0 Å². The van der Waals surface area contributed by atoms with Gasteiger partial charge in [-0.15, -0.1) is 0 Å². The number of carbonyl (C=O) groups excluding carboxylic acids is 1. The first-order valence-electron chi connectivity index (χ1n) is 4.45. The van der Waals surface area contributed by atoms with Crippen molar-refractivity contribution in [1.29, 1.82) is 0 Å². The third-order valence-corrected chi connectivity index (χ3v) is 2.21. The number of nitrogens with zero attached hydrogens (tertiary/aromatic N) is 1. The van der Waals surface area contributed by atoms with Gasteiger partial charge in [-0.05, 0) is 24.3 Å². The fraction of sp³-hybridized carbons (Fsp3) is 0.0909. The number of allylic oxidation sites excluding steroid dienone is 3. The molecule has 1 heterocycles. The SMILES string of the molecule is O=C1C=CC(O)=C(O)C1c1ccccn1. The van der Waals surface area contributed by atoms with Crippen LogP contribution in [0.4, 0.5) is 0 Å². The van der Waals surface area contributed by atoms with E-state index in [4.69, 9.17) is 0 Å². The number of aromatic nitrogens is 1. The minimum absolute atomic E-state index is 0.287. The molecule has 0 radical (unpaired) electrons. The number of rotatable bonds is 1. The first-order valence-corrected chi connectivity index (χ1v) is 4.45. The van der Waals surface area contributed by atoms with Crippen LogP contribution in [0.15, 0.2) is 48.1 Å². The second-order valence-corrected chi connectivity index (χ2v) is 3.19. The average Bonchev–Trinajstić information content (AvgIpc) is 2.26. The number of aliphatic hydroxyl groups excluding tert-OH is 2. The van der Waals surface area contributed by atoms with Gasteiger partial charge in [-0.1, -0.05) is 6.07 Å². The zero-order valence-corrected chi connectivity index (χ0v) is 7.79. The molecule has 2 N–H and O–H groups in total. The number of aliphatic hydroxyl groups is 2. The summed E-state index contributed by atoms with van der Waals surface area (Å²) in [6.45, 7) is 0. The van der Waals surface area contributed by atoms with E-state index in [1.54, 1.807) is 18.2 Å². The summed E-state index contributed by atoms with van der Waals surface area (Å²) in [7, 11) is 0. The van der Waals surface area contributed by atoms with E-state index in [-0.39, 0.29) is 17.3 Å². The summed E-state index contributed by atoms with van der Waals surface area (Å²) in [5, 5.41) is 18.9. The number of ketones is 1. The Kier molecular flexibility index (Phi) is 2.25. The Balaban J connectivity index is 2.46. The van der Waals surface area contributed by atoms with Gasteiger partial charge in [0.2, 0.25) is 0 Å². The molecule has 1 aliphatic rings. The van der Waals surface area contributed by atoms with E-state index in [2.05, 4.69) is 4.98 Å². The number of carbonyl (C=O) groups is 1. The van der Waals surface area contributed by atoms with Crippen LogP contribution in [-0.4, -0.2) is 21.0 Å². The van der Waals surface area contributed by atoms with Gasteiger partial charge >= 0.3 is 0 Å². The summed E-state index contributed by atoms with van der Waals surface area (Å²) in [4.78, 5) is 15.5. The highest BCUT2D eigenvalue weighted by Gasteiger charge is 2.29. The first-order chi connectivity index (χ1) is 7.20. The molecule has 1 unspecified atom stereocenters. The van der Waals surface area contributed by atoms with Gasteiger partial charge in [0.1, 0.15) is 5.92 Å². The third-order valence-electron chi connectivity index (χ3n) is 2.21. The standard InChI is InChI=1S/C11H9NO3/c13-8-4-5-9(14)11(15)10(8)7-3-1-2-6-12-7/h1-6,10,14-15H. The molecule has 1 aliphatic carbocycles. The van der Waals surface area contributed by atoms with Crippen LogP contribution >= 0.6 is 0 Å². The molecule has 1 atom stereocenters. The van der Waals surface area contributed by atoms with Crippen LogP contribution in [0, 0.1) is 0 Å².